The monoisotopic (exact) mass is 535 g/mol. The third kappa shape index (κ3) is 5.86. The van der Waals surface area contributed by atoms with Gasteiger partial charge in [0.2, 0.25) is 0 Å². The number of amides is 1. The molecule has 1 heterocycles. The maximum atomic E-state index is 13.7. The molecule has 0 atom stereocenters. The number of aryl methyl sites for hydroxylation is 1. The van der Waals surface area contributed by atoms with Crippen molar-refractivity contribution in [2.24, 2.45) is 0 Å². The lowest BCUT2D eigenvalue weighted by Gasteiger charge is -2.42. The van der Waals surface area contributed by atoms with Crippen LogP contribution in [-0.4, -0.2) is 22.5 Å². The number of aromatic hydroxyl groups is 1. The predicted molar refractivity (Wildman–Crippen MR) is 161 cm³/mol. The van der Waals surface area contributed by atoms with Crippen LogP contribution in [0.4, 0.5) is 0 Å². The van der Waals surface area contributed by atoms with E-state index in [-0.39, 0.29) is 22.5 Å². The Bertz CT molecular complexity index is 1500. The van der Waals surface area contributed by atoms with Gasteiger partial charge in [-0.25, -0.2) is 0 Å². The highest BCUT2D eigenvalue weighted by Crippen LogP contribution is 2.46. The first-order valence-corrected chi connectivity index (χ1v) is 14.4. The maximum Gasteiger partial charge on any atom is 0.289 e. The van der Waals surface area contributed by atoms with E-state index in [9.17, 15) is 9.90 Å². The largest absolute Gasteiger partial charge is 0.508 e. The Morgan fingerprint density at radius 2 is 1.50 bits per heavy atom. The van der Waals surface area contributed by atoms with Crippen LogP contribution in [0.5, 0.6) is 5.75 Å². The SMILES string of the molecule is Cc1cc2c(cc1Cc1ccc(C(=O)N(CCc3ccccc3)Cc3ccccc3O)o1)C(C)(C)CCC2(C)C. The van der Waals surface area contributed by atoms with Crippen molar-refractivity contribution < 1.29 is 14.3 Å². The van der Waals surface area contributed by atoms with Crippen LogP contribution >= 0.6 is 0 Å². The van der Waals surface area contributed by atoms with Crippen LogP contribution in [-0.2, 0) is 30.2 Å². The smallest absolute Gasteiger partial charge is 0.289 e. The predicted octanol–water partition coefficient (Wildman–Crippen LogP) is 8.12. The normalized spacial score (nSPS) is 15.4. The lowest BCUT2D eigenvalue weighted by molar-refractivity contribution is 0.0710. The van der Waals surface area contributed by atoms with Crippen molar-refractivity contribution in [3.8, 4) is 5.75 Å². The number of fused-ring (bicyclic) bond motifs is 1. The lowest BCUT2D eigenvalue weighted by atomic mass is 9.62. The number of rotatable bonds is 8. The van der Waals surface area contributed by atoms with Gasteiger partial charge in [0.1, 0.15) is 11.5 Å². The number of hydrogen-bond donors (Lipinski definition) is 1. The van der Waals surface area contributed by atoms with Gasteiger partial charge in [0, 0.05) is 25.1 Å². The standard InChI is InChI=1S/C36H41NO3/c1-25-21-30-31(36(4,5)19-18-35(30,2)3)23-28(25)22-29-15-16-33(40-29)34(39)37(20-17-26-11-7-6-8-12-26)24-27-13-9-10-14-32(27)38/h6-16,21,23,38H,17-20,22,24H2,1-5H3. The van der Waals surface area contributed by atoms with Crippen LogP contribution in [0.2, 0.25) is 0 Å². The summed E-state index contributed by atoms with van der Waals surface area (Å²) in [6.45, 7) is 12.4. The number of carbonyl (C=O) groups excluding carboxylic acids is 1. The summed E-state index contributed by atoms with van der Waals surface area (Å²) in [6, 6.07) is 25.8. The molecule has 40 heavy (non-hydrogen) atoms. The van der Waals surface area contributed by atoms with Gasteiger partial charge >= 0.3 is 0 Å². The van der Waals surface area contributed by atoms with Gasteiger partial charge in [-0.15, -0.1) is 0 Å². The van der Waals surface area contributed by atoms with Gasteiger partial charge in [0.25, 0.3) is 5.91 Å². The van der Waals surface area contributed by atoms with Crippen molar-refractivity contribution in [3.05, 3.63) is 124 Å². The Labute approximate surface area is 238 Å². The van der Waals surface area contributed by atoms with E-state index < -0.39 is 0 Å². The molecule has 0 saturated heterocycles. The molecule has 1 aliphatic rings. The average molecular weight is 536 g/mol. The van der Waals surface area contributed by atoms with Crippen molar-refractivity contribution in [1.29, 1.82) is 0 Å². The molecular formula is C36H41NO3. The second-order valence-electron chi connectivity index (χ2n) is 12.6. The van der Waals surface area contributed by atoms with Gasteiger partial charge in [0.05, 0.1) is 0 Å². The molecule has 1 N–H and O–H groups in total. The van der Waals surface area contributed by atoms with E-state index in [1.165, 1.54) is 35.1 Å². The highest BCUT2D eigenvalue weighted by atomic mass is 16.4. The quantitative estimate of drug-likeness (QED) is 0.248. The number of carbonyl (C=O) groups is 1. The highest BCUT2D eigenvalue weighted by Gasteiger charge is 2.37. The number of para-hydroxylation sites is 1. The number of benzene rings is 3. The molecule has 5 rings (SSSR count). The fraction of sp³-hybridized carbons (Fsp3) is 0.361. The summed E-state index contributed by atoms with van der Waals surface area (Å²) in [5.41, 5.74) is 7.58. The summed E-state index contributed by atoms with van der Waals surface area (Å²) >= 11 is 0. The van der Waals surface area contributed by atoms with E-state index in [1.807, 2.05) is 36.4 Å². The first kappa shape index (κ1) is 27.8. The van der Waals surface area contributed by atoms with Crippen LogP contribution in [0.1, 0.15) is 90.2 Å². The number of hydrogen-bond acceptors (Lipinski definition) is 3. The van der Waals surface area contributed by atoms with E-state index in [0.717, 1.165) is 11.3 Å². The molecule has 1 amide bonds. The molecule has 208 valence electrons. The molecule has 0 aliphatic heterocycles. The molecule has 4 nitrogen and oxygen atoms in total. The van der Waals surface area contributed by atoms with Gasteiger partial charge in [-0.3, -0.25) is 4.79 Å². The first-order chi connectivity index (χ1) is 19.0. The summed E-state index contributed by atoms with van der Waals surface area (Å²) in [5, 5.41) is 10.4. The van der Waals surface area contributed by atoms with E-state index >= 15 is 0 Å². The zero-order chi connectivity index (χ0) is 28.5. The van der Waals surface area contributed by atoms with Crippen molar-refractivity contribution in [3.63, 3.8) is 0 Å². The number of phenolic OH excluding ortho intramolecular Hbond substituents is 1. The molecule has 1 aliphatic carbocycles. The fourth-order valence-corrected chi connectivity index (χ4v) is 5.90. The van der Waals surface area contributed by atoms with E-state index in [1.54, 1.807) is 23.1 Å². The summed E-state index contributed by atoms with van der Waals surface area (Å²) < 4.78 is 6.19. The van der Waals surface area contributed by atoms with Gasteiger partial charge in [-0.1, -0.05) is 88.4 Å². The van der Waals surface area contributed by atoms with Crippen LogP contribution in [0, 0.1) is 6.92 Å². The van der Waals surface area contributed by atoms with Crippen LogP contribution in [0.15, 0.2) is 83.3 Å². The molecule has 0 spiro atoms. The Morgan fingerprint density at radius 3 is 2.20 bits per heavy atom. The van der Waals surface area contributed by atoms with Crippen LogP contribution in [0.3, 0.4) is 0 Å². The second kappa shape index (κ2) is 11.0. The number of phenols is 1. The van der Waals surface area contributed by atoms with Gasteiger partial charge < -0.3 is 14.4 Å². The summed E-state index contributed by atoms with van der Waals surface area (Å²) in [7, 11) is 0. The minimum Gasteiger partial charge on any atom is -0.508 e. The topological polar surface area (TPSA) is 53.7 Å². The van der Waals surface area contributed by atoms with Crippen molar-refractivity contribution >= 4 is 5.91 Å². The Morgan fingerprint density at radius 1 is 0.850 bits per heavy atom. The van der Waals surface area contributed by atoms with Gasteiger partial charge in [0.15, 0.2) is 5.76 Å². The Balaban J connectivity index is 1.38. The van der Waals surface area contributed by atoms with Crippen LogP contribution in [0.25, 0.3) is 0 Å². The number of nitrogens with zero attached hydrogens (tertiary/aromatic N) is 1. The first-order valence-electron chi connectivity index (χ1n) is 14.4. The molecular weight excluding hydrogens is 494 g/mol. The zero-order valence-corrected chi connectivity index (χ0v) is 24.5. The van der Waals surface area contributed by atoms with E-state index in [2.05, 4.69) is 58.9 Å². The highest BCUT2D eigenvalue weighted by molar-refractivity contribution is 5.91. The van der Waals surface area contributed by atoms with E-state index in [0.29, 0.717) is 37.3 Å². The molecule has 3 aromatic carbocycles. The minimum absolute atomic E-state index is 0.139. The molecule has 0 radical (unpaired) electrons. The summed E-state index contributed by atoms with van der Waals surface area (Å²) in [6.07, 6.45) is 3.72. The summed E-state index contributed by atoms with van der Waals surface area (Å²) in [5.74, 6) is 1.13. The van der Waals surface area contributed by atoms with Crippen molar-refractivity contribution in [2.75, 3.05) is 6.54 Å². The van der Waals surface area contributed by atoms with Gasteiger partial charge in [-0.2, -0.15) is 0 Å². The van der Waals surface area contributed by atoms with Crippen molar-refractivity contribution in [1.82, 2.24) is 4.90 Å². The molecule has 4 aromatic rings. The third-order valence-corrected chi connectivity index (χ3v) is 8.70. The van der Waals surface area contributed by atoms with Crippen molar-refractivity contribution in [2.45, 2.75) is 77.7 Å². The lowest BCUT2D eigenvalue weighted by Crippen LogP contribution is -2.34. The third-order valence-electron chi connectivity index (χ3n) is 8.70. The van der Waals surface area contributed by atoms with Gasteiger partial charge in [-0.05, 0) is 83.0 Å². The molecule has 0 bridgehead atoms. The van der Waals surface area contributed by atoms with Crippen LogP contribution < -0.4 is 0 Å². The second-order valence-corrected chi connectivity index (χ2v) is 12.6. The minimum atomic E-state index is -0.171. The summed E-state index contributed by atoms with van der Waals surface area (Å²) in [4.78, 5) is 15.5. The molecule has 1 aromatic heterocycles. The molecule has 0 fully saturated rings. The Hall–Kier alpha value is -3.79. The average Bonchev–Trinajstić information content (AvgIpc) is 3.40. The molecule has 4 heteroatoms. The molecule has 0 saturated carbocycles. The van der Waals surface area contributed by atoms with E-state index in [4.69, 9.17) is 4.42 Å². The maximum absolute atomic E-state index is 13.7. The number of furan rings is 1. The fourth-order valence-electron chi connectivity index (χ4n) is 5.90. The zero-order valence-electron chi connectivity index (χ0n) is 24.5. The Kier molecular flexibility index (Phi) is 7.63. The molecule has 0 unspecified atom stereocenters.